The molecule has 24 heavy (non-hydrogen) atoms. The molecule has 0 unspecified atom stereocenters. The van der Waals surface area contributed by atoms with Gasteiger partial charge in [0.2, 0.25) is 10.0 Å². The third kappa shape index (κ3) is 5.45. The van der Waals surface area contributed by atoms with Crippen LogP contribution in [0.15, 0.2) is 48.5 Å². The molecule has 0 heterocycles. The molecule has 5 nitrogen and oxygen atoms in total. The first-order valence-electron chi connectivity index (χ1n) is 8.00. The van der Waals surface area contributed by atoms with Crippen molar-refractivity contribution in [3.8, 4) is 5.75 Å². The number of sulfonamides is 1. The highest BCUT2D eigenvalue weighted by Crippen LogP contribution is 2.20. The van der Waals surface area contributed by atoms with E-state index in [0.717, 1.165) is 23.4 Å². The van der Waals surface area contributed by atoms with Crippen LogP contribution in [-0.4, -0.2) is 21.3 Å². The van der Waals surface area contributed by atoms with Crippen molar-refractivity contribution in [2.45, 2.75) is 26.3 Å². The number of hydrogen-bond acceptors (Lipinski definition) is 4. The van der Waals surface area contributed by atoms with Crippen molar-refractivity contribution in [2.75, 3.05) is 22.9 Å². The van der Waals surface area contributed by atoms with E-state index in [2.05, 4.69) is 10.0 Å². The molecule has 0 aliphatic carbocycles. The summed E-state index contributed by atoms with van der Waals surface area (Å²) >= 11 is 0. The van der Waals surface area contributed by atoms with Gasteiger partial charge in [0.25, 0.3) is 0 Å². The predicted octanol–water partition coefficient (Wildman–Crippen LogP) is 3.85. The van der Waals surface area contributed by atoms with Gasteiger partial charge in [-0.25, -0.2) is 8.42 Å². The van der Waals surface area contributed by atoms with E-state index in [1.54, 1.807) is 19.2 Å². The largest absolute Gasteiger partial charge is 0.496 e. The summed E-state index contributed by atoms with van der Waals surface area (Å²) in [6.07, 6.45) is 1.51. The van der Waals surface area contributed by atoms with E-state index in [1.807, 2.05) is 43.3 Å². The smallest absolute Gasteiger partial charge is 0.232 e. The lowest BCUT2D eigenvalue weighted by atomic mass is 10.2. The second-order valence-corrected chi connectivity index (χ2v) is 7.36. The minimum Gasteiger partial charge on any atom is -0.496 e. The Morgan fingerprint density at radius 1 is 1.00 bits per heavy atom. The van der Waals surface area contributed by atoms with E-state index in [9.17, 15) is 8.42 Å². The molecule has 0 aromatic heterocycles. The Kier molecular flexibility index (Phi) is 6.49. The average Bonchev–Trinajstić information content (AvgIpc) is 2.59. The molecule has 0 saturated heterocycles. The summed E-state index contributed by atoms with van der Waals surface area (Å²) in [6.45, 7) is 2.60. The molecule has 2 aromatic carbocycles. The zero-order valence-electron chi connectivity index (χ0n) is 14.1. The highest BCUT2D eigenvalue weighted by Gasteiger charge is 2.09. The molecule has 2 N–H and O–H groups in total. The summed E-state index contributed by atoms with van der Waals surface area (Å²) in [7, 11) is -1.61. The number of anilines is 2. The molecule has 0 saturated carbocycles. The second-order valence-electron chi connectivity index (χ2n) is 5.52. The van der Waals surface area contributed by atoms with Gasteiger partial charge in [-0.05, 0) is 36.8 Å². The van der Waals surface area contributed by atoms with E-state index in [-0.39, 0.29) is 5.75 Å². The number of benzene rings is 2. The number of methoxy groups -OCH3 is 1. The van der Waals surface area contributed by atoms with Crippen LogP contribution in [0.2, 0.25) is 0 Å². The normalized spacial score (nSPS) is 11.1. The van der Waals surface area contributed by atoms with Gasteiger partial charge in [0, 0.05) is 23.5 Å². The first kappa shape index (κ1) is 18.1. The van der Waals surface area contributed by atoms with Gasteiger partial charge in [0.15, 0.2) is 0 Å². The van der Waals surface area contributed by atoms with Crippen LogP contribution >= 0.6 is 0 Å². The van der Waals surface area contributed by atoms with Crippen molar-refractivity contribution >= 4 is 21.4 Å². The summed E-state index contributed by atoms with van der Waals surface area (Å²) in [5, 5.41) is 3.30. The Labute approximate surface area is 144 Å². The van der Waals surface area contributed by atoms with Crippen molar-refractivity contribution in [3.63, 3.8) is 0 Å². The molecule has 130 valence electrons. The van der Waals surface area contributed by atoms with Crippen molar-refractivity contribution in [1.29, 1.82) is 0 Å². The van der Waals surface area contributed by atoms with Crippen molar-refractivity contribution in [3.05, 3.63) is 54.1 Å². The second kappa shape index (κ2) is 8.59. The lowest BCUT2D eigenvalue weighted by Gasteiger charge is -2.11. The molecular weight excluding hydrogens is 324 g/mol. The van der Waals surface area contributed by atoms with Gasteiger partial charge in [-0.15, -0.1) is 0 Å². The zero-order valence-corrected chi connectivity index (χ0v) is 14.9. The number of nitrogens with one attached hydrogen (secondary N) is 2. The minimum atomic E-state index is -3.26. The van der Waals surface area contributed by atoms with E-state index in [0.29, 0.717) is 18.7 Å². The molecular formula is C18H24N2O3S. The predicted molar refractivity (Wildman–Crippen MR) is 99.1 cm³/mol. The standard InChI is InChI=1S/C18H24N2O3S/c1-3-4-13-24(21,22)20-17-11-9-16(10-12-17)19-14-15-7-5-6-8-18(15)23-2/h5-12,19-20H,3-4,13-14H2,1-2H3. The third-order valence-corrected chi connectivity index (χ3v) is 4.97. The Balaban J connectivity index is 1.95. The summed E-state index contributed by atoms with van der Waals surface area (Å²) in [5.41, 5.74) is 2.55. The summed E-state index contributed by atoms with van der Waals surface area (Å²) < 4.78 is 31.7. The van der Waals surface area contributed by atoms with Crippen molar-refractivity contribution < 1.29 is 13.2 Å². The van der Waals surface area contributed by atoms with Gasteiger partial charge in [0.1, 0.15) is 5.75 Å². The maximum absolute atomic E-state index is 11.9. The van der Waals surface area contributed by atoms with Crippen molar-refractivity contribution in [1.82, 2.24) is 0 Å². The lowest BCUT2D eigenvalue weighted by Crippen LogP contribution is -2.16. The molecule has 0 atom stereocenters. The van der Waals surface area contributed by atoms with Crippen LogP contribution in [0.25, 0.3) is 0 Å². The summed E-state index contributed by atoms with van der Waals surface area (Å²) in [4.78, 5) is 0. The van der Waals surface area contributed by atoms with E-state index >= 15 is 0 Å². The molecule has 0 amide bonds. The number of hydrogen-bond donors (Lipinski definition) is 2. The topological polar surface area (TPSA) is 67.4 Å². The van der Waals surface area contributed by atoms with Gasteiger partial charge < -0.3 is 10.1 Å². The molecule has 0 radical (unpaired) electrons. The van der Waals surface area contributed by atoms with E-state index in [1.165, 1.54) is 0 Å². The maximum atomic E-state index is 11.9. The van der Waals surface area contributed by atoms with Crippen LogP contribution in [0, 0.1) is 0 Å². The first-order chi connectivity index (χ1) is 11.5. The number of rotatable bonds is 9. The fourth-order valence-corrected chi connectivity index (χ4v) is 3.53. The van der Waals surface area contributed by atoms with Crippen LogP contribution in [0.4, 0.5) is 11.4 Å². The molecule has 2 rings (SSSR count). The van der Waals surface area contributed by atoms with Crippen LogP contribution < -0.4 is 14.8 Å². The van der Waals surface area contributed by atoms with Gasteiger partial charge in [-0.1, -0.05) is 31.5 Å². The Hall–Kier alpha value is -2.21. The van der Waals surface area contributed by atoms with Crippen LogP contribution in [0.5, 0.6) is 5.75 Å². The highest BCUT2D eigenvalue weighted by atomic mass is 32.2. The van der Waals surface area contributed by atoms with E-state index in [4.69, 9.17) is 4.74 Å². The lowest BCUT2D eigenvalue weighted by molar-refractivity contribution is 0.410. The maximum Gasteiger partial charge on any atom is 0.232 e. The fourth-order valence-electron chi connectivity index (χ4n) is 2.27. The van der Waals surface area contributed by atoms with Gasteiger partial charge in [-0.3, -0.25) is 4.72 Å². The highest BCUT2D eigenvalue weighted by molar-refractivity contribution is 7.92. The first-order valence-corrected chi connectivity index (χ1v) is 9.65. The quantitative estimate of drug-likeness (QED) is 0.722. The number of ether oxygens (including phenoxy) is 1. The van der Waals surface area contributed by atoms with Crippen LogP contribution in [0.1, 0.15) is 25.3 Å². The molecule has 6 heteroatoms. The Morgan fingerprint density at radius 3 is 2.33 bits per heavy atom. The Morgan fingerprint density at radius 2 is 1.67 bits per heavy atom. The molecule has 0 spiro atoms. The third-order valence-electron chi connectivity index (χ3n) is 3.60. The van der Waals surface area contributed by atoms with Gasteiger partial charge in [-0.2, -0.15) is 0 Å². The molecule has 2 aromatic rings. The number of para-hydroxylation sites is 1. The van der Waals surface area contributed by atoms with Crippen LogP contribution in [-0.2, 0) is 16.6 Å². The Bertz CT molecular complexity index is 743. The van der Waals surface area contributed by atoms with Gasteiger partial charge >= 0.3 is 0 Å². The monoisotopic (exact) mass is 348 g/mol. The van der Waals surface area contributed by atoms with Crippen molar-refractivity contribution in [2.24, 2.45) is 0 Å². The van der Waals surface area contributed by atoms with Gasteiger partial charge in [0.05, 0.1) is 12.9 Å². The fraction of sp³-hybridized carbons (Fsp3) is 0.333. The van der Waals surface area contributed by atoms with Crippen LogP contribution in [0.3, 0.4) is 0 Å². The SMILES string of the molecule is CCCCS(=O)(=O)Nc1ccc(NCc2ccccc2OC)cc1. The molecule has 0 fully saturated rings. The molecule has 0 aliphatic heterocycles. The summed E-state index contributed by atoms with van der Waals surface area (Å²) in [6, 6.07) is 15.0. The average molecular weight is 348 g/mol. The minimum absolute atomic E-state index is 0.150. The molecule has 0 bridgehead atoms. The number of unbranched alkanes of at least 4 members (excludes halogenated alkanes) is 1. The van der Waals surface area contributed by atoms with E-state index < -0.39 is 10.0 Å². The zero-order chi connectivity index (χ0) is 17.4. The summed E-state index contributed by atoms with van der Waals surface area (Å²) in [5.74, 6) is 0.988. The molecule has 0 aliphatic rings.